The fourth-order valence-corrected chi connectivity index (χ4v) is 2.72. The number of hydrogen-bond acceptors (Lipinski definition) is 4. The van der Waals surface area contributed by atoms with Gasteiger partial charge in [-0.1, -0.05) is 41.6 Å². The lowest BCUT2D eigenvalue weighted by atomic mass is 10.1. The number of nitrogens with zero attached hydrogens (tertiary/aromatic N) is 3. The standard InChI is InChI=1S/C16H16N4OS/c21-16(15-7-4-10-22-15)17-11-14-12-20(19-18-14)9-8-13-5-2-1-3-6-13/h1-7,10,12H,8-9,11H2,(H,17,21). The van der Waals surface area contributed by atoms with Gasteiger partial charge in [0.15, 0.2) is 0 Å². The molecule has 0 aliphatic heterocycles. The Bertz CT molecular complexity index is 722. The second-order valence-corrected chi connectivity index (χ2v) is 5.82. The van der Waals surface area contributed by atoms with E-state index in [-0.39, 0.29) is 5.91 Å². The number of hydrogen-bond donors (Lipinski definition) is 1. The van der Waals surface area contributed by atoms with Crippen LogP contribution in [0.1, 0.15) is 20.9 Å². The summed E-state index contributed by atoms with van der Waals surface area (Å²) in [5.41, 5.74) is 2.03. The van der Waals surface area contributed by atoms with Gasteiger partial charge in [0.1, 0.15) is 5.69 Å². The fourth-order valence-electron chi connectivity index (χ4n) is 2.08. The highest BCUT2D eigenvalue weighted by molar-refractivity contribution is 7.12. The van der Waals surface area contributed by atoms with Crippen molar-refractivity contribution in [1.29, 1.82) is 0 Å². The largest absolute Gasteiger partial charge is 0.346 e. The third-order valence-corrected chi connectivity index (χ3v) is 4.10. The van der Waals surface area contributed by atoms with Gasteiger partial charge in [-0.25, -0.2) is 0 Å². The molecule has 0 spiro atoms. The highest BCUT2D eigenvalue weighted by Gasteiger charge is 2.07. The van der Waals surface area contributed by atoms with Gasteiger partial charge in [-0.3, -0.25) is 9.48 Å². The van der Waals surface area contributed by atoms with E-state index < -0.39 is 0 Å². The molecule has 6 heteroatoms. The van der Waals surface area contributed by atoms with Gasteiger partial charge >= 0.3 is 0 Å². The SMILES string of the molecule is O=C(NCc1cn(CCc2ccccc2)nn1)c1cccs1. The van der Waals surface area contributed by atoms with E-state index in [1.165, 1.54) is 16.9 Å². The van der Waals surface area contributed by atoms with Crippen LogP contribution in [0.15, 0.2) is 54.0 Å². The molecule has 112 valence electrons. The molecule has 1 N–H and O–H groups in total. The van der Waals surface area contributed by atoms with Crippen molar-refractivity contribution in [2.75, 3.05) is 0 Å². The van der Waals surface area contributed by atoms with Gasteiger partial charge in [0, 0.05) is 6.54 Å². The highest BCUT2D eigenvalue weighted by atomic mass is 32.1. The number of amides is 1. The second kappa shape index (κ2) is 7.00. The zero-order valence-electron chi connectivity index (χ0n) is 12.0. The average molecular weight is 312 g/mol. The molecule has 22 heavy (non-hydrogen) atoms. The van der Waals surface area contributed by atoms with E-state index in [9.17, 15) is 4.79 Å². The number of aryl methyl sites for hydroxylation is 2. The molecule has 1 amide bonds. The summed E-state index contributed by atoms with van der Waals surface area (Å²) < 4.78 is 1.81. The van der Waals surface area contributed by atoms with Crippen molar-refractivity contribution in [2.24, 2.45) is 0 Å². The third-order valence-electron chi connectivity index (χ3n) is 3.23. The minimum absolute atomic E-state index is 0.0752. The molecule has 0 saturated carbocycles. The summed E-state index contributed by atoms with van der Waals surface area (Å²) in [5.74, 6) is -0.0752. The number of rotatable bonds is 6. The number of carbonyl (C=O) groups excluding carboxylic acids is 1. The maximum absolute atomic E-state index is 11.8. The number of nitrogens with one attached hydrogen (secondary N) is 1. The van der Waals surface area contributed by atoms with Crippen molar-refractivity contribution >= 4 is 17.2 Å². The summed E-state index contributed by atoms with van der Waals surface area (Å²) in [7, 11) is 0. The van der Waals surface area contributed by atoms with Gasteiger partial charge in [-0.15, -0.1) is 16.4 Å². The van der Waals surface area contributed by atoms with Crippen LogP contribution in [0.3, 0.4) is 0 Å². The summed E-state index contributed by atoms with van der Waals surface area (Å²) in [4.78, 5) is 12.5. The zero-order valence-corrected chi connectivity index (χ0v) is 12.8. The molecule has 0 radical (unpaired) electrons. The zero-order chi connectivity index (χ0) is 15.2. The van der Waals surface area contributed by atoms with E-state index >= 15 is 0 Å². The fraction of sp³-hybridized carbons (Fsp3) is 0.188. The van der Waals surface area contributed by atoms with E-state index in [4.69, 9.17) is 0 Å². The lowest BCUT2D eigenvalue weighted by Gasteiger charge is -2.01. The van der Waals surface area contributed by atoms with Gasteiger partial charge in [-0.05, 0) is 23.4 Å². The number of thiophene rings is 1. The van der Waals surface area contributed by atoms with Crippen molar-refractivity contribution in [3.05, 3.63) is 70.2 Å². The Morgan fingerprint density at radius 3 is 2.82 bits per heavy atom. The predicted molar refractivity (Wildman–Crippen MR) is 85.7 cm³/mol. The molecule has 0 saturated heterocycles. The Balaban J connectivity index is 1.50. The molecule has 0 fully saturated rings. The van der Waals surface area contributed by atoms with Gasteiger partial charge in [0.2, 0.25) is 0 Å². The minimum atomic E-state index is -0.0752. The molecule has 0 aliphatic carbocycles. The van der Waals surface area contributed by atoms with Crippen LogP contribution in [0.5, 0.6) is 0 Å². The molecule has 0 bridgehead atoms. The van der Waals surface area contributed by atoms with Gasteiger partial charge in [0.25, 0.3) is 5.91 Å². The Morgan fingerprint density at radius 1 is 1.18 bits per heavy atom. The smallest absolute Gasteiger partial charge is 0.261 e. The van der Waals surface area contributed by atoms with Crippen molar-refractivity contribution in [2.45, 2.75) is 19.5 Å². The molecule has 2 aromatic heterocycles. The Kier molecular flexibility index (Phi) is 4.60. The van der Waals surface area contributed by atoms with Crippen LogP contribution in [-0.4, -0.2) is 20.9 Å². The Labute approximate surface area is 132 Å². The summed E-state index contributed by atoms with van der Waals surface area (Å²) in [6.45, 7) is 1.16. The summed E-state index contributed by atoms with van der Waals surface area (Å²) in [5, 5.41) is 12.9. The van der Waals surface area contributed by atoms with Crippen molar-refractivity contribution in [1.82, 2.24) is 20.3 Å². The summed E-state index contributed by atoms with van der Waals surface area (Å²) >= 11 is 1.42. The Morgan fingerprint density at radius 2 is 2.05 bits per heavy atom. The maximum Gasteiger partial charge on any atom is 0.261 e. The Hall–Kier alpha value is -2.47. The number of benzene rings is 1. The third kappa shape index (κ3) is 3.79. The van der Waals surface area contributed by atoms with E-state index in [0.29, 0.717) is 11.4 Å². The van der Waals surface area contributed by atoms with Crippen molar-refractivity contribution in [3.63, 3.8) is 0 Å². The van der Waals surface area contributed by atoms with Crippen LogP contribution >= 0.6 is 11.3 Å². The first-order chi connectivity index (χ1) is 10.8. The topological polar surface area (TPSA) is 59.8 Å². The van der Waals surface area contributed by atoms with Crippen molar-refractivity contribution < 1.29 is 4.79 Å². The average Bonchev–Trinajstić information content (AvgIpc) is 3.23. The molecular formula is C16H16N4OS. The quantitative estimate of drug-likeness (QED) is 0.761. The summed E-state index contributed by atoms with van der Waals surface area (Å²) in [6, 6.07) is 13.9. The first kappa shape index (κ1) is 14.5. The van der Waals surface area contributed by atoms with Crippen LogP contribution in [0.2, 0.25) is 0 Å². The molecule has 5 nitrogen and oxygen atoms in total. The number of aromatic nitrogens is 3. The lowest BCUT2D eigenvalue weighted by molar-refractivity contribution is 0.0954. The van der Waals surface area contributed by atoms with Crippen LogP contribution in [0.4, 0.5) is 0 Å². The lowest BCUT2D eigenvalue weighted by Crippen LogP contribution is -2.21. The maximum atomic E-state index is 11.8. The minimum Gasteiger partial charge on any atom is -0.346 e. The van der Waals surface area contributed by atoms with E-state index in [1.54, 1.807) is 10.7 Å². The van der Waals surface area contributed by atoms with Gasteiger partial charge < -0.3 is 5.32 Å². The van der Waals surface area contributed by atoms with Crippen LogP contribution in [0.25, 0.3) is 0 Å². The van der Waals surface area contributed by atoms with Gasteiger partial charge in [0.05, 0.1) is 17.6 Å². The molecule has 0 unspecified atom stereocenters. The molecule has 0 atom stereocenters. The van der Waals surface area contributed by atoms with E-state index in [0.717, 1.165) is 18.7 Å². The van der Waals surface area contributed by atoms with Crippen LogP contribution < -0.4 is 5.32 Å². The van der Waals surface area contributed by atoms with Crippen LogP contribution in [-0.2, 0) is 19.5 Å². The van der Waals surface area contributed by atoms with Gasteiger partial charge in [-0.2, -0.15) is 0 Å². The molecule has 1 aromatic carbocycles. The number of carbonyl (C=O) groups is 1. The molecule has 3 rings (SSSR count). The first-order valence-corrected chi connectivity index (χ1v) is 7.94. The normalized spacial score (nSPS) is 10.5. The molecule has 0 aliphatic rings. The van der Waals surface area contributed by atoms with E-state index in [2.05, 4.69) is 27.8 Å². The monoisotopic (exact) mass is 312 g/mol. The second-order valence-electron chi connectivity index (χ2n) is 4.87. The van der Waals surface area contributed by atoms with E-state index in [1.807, 2.05) is 35.8 Å². The highest BCUT2D eigenvalue weighted by Crippen LogP contribution is 2.08. The van der Waals surface area contributed by atoms with Crippen LogP contribution in [0, 0.1) is 0 Å². The molecular weight excluding hydrogens is 296 g/mol. The first-order valence-electron chi connectivity index (χ1n) is 7.06. The summed E-state index contributed by atoms with van der Waals surface area (Å²) in [6.07, 6.45) is 2.78. The predicted octanol–water partition coefficient (Wildman–Crippen LogP) is 2.51. The molecule has 3 aromatic rings. The van der Waals surface area contributed by atoms with Crippen molar-refractivity contribution in [3.8, 4) is 0 Å². The molecule has 2 heterocycles.